The van der Waals surface area contributed by atoms with Crippen LogP contribution >= 0.6 is 0 Å². The van der Waals surface area contributed by atoms with E-state index in [9.17, 15) is 9.59 Å². The lowest BCUT2D eigenvalue weighted by atomic mass is 9.68. The van der Waals surface area contributed by atoms with Crippen molar-refractivity contribution in [3.63, 3.8) is 0 Å². The minimum atomic E-state index is -0.309. The van der Waals surface area contributed by atoms with Crippen molar-refractivity contribution in [3.05, 3.63) is 178 Å². The fourth-order valence-electron chi connectivity index (χ4n) is 7.19. The topological polar surface area (TPSA) is 81.9 Å². The SMILES string of the molecule is CC1=CCCC(C)(C)C1/C=C/c1cc(C(=O)N2C/C(=C\c3ccc(OCc4ccccc4)cc3)C(=O)/C(=C/c3ccc(OCc4ccccc4)cc3)C2)no1. The summed E-state index contributed by atoms with van der Waals surface area (Å²) in [6.07, 6.45) is 12.2. The number of likely N-dealkylation sites (tertiary alicyclic amines) is 1. The number of benzene rings is 4. The largest absolute Gasteiger partial charge is 0.489 e. The molecule has 1 amide bonds. The molecule has 1 saturated heterocycles. The molecule has 0 spiro atoms. The van der Waals surface area contributed by atoms with E-state index < -0.39 is 0 Å². The van der Waals surface area contributed by atoms with Crippen LogP contribution in [0, 0.1) is 11.3 Å². The van der Waals surface area contributed by atoms with Crippen molar-refractivity contribution in [2.45, 2.75) is 46.8 Å². The van der Waals surface area contributed by atoms with Crippen LogP contribution < -0.4 is 9.47 Å². The molecule has 7 heteroatoms. The highest BCUT2D eigenvalue weighted by atomic mass is 16.5. The Labute approximate surface area is 323 Å². The first-order valence-corrected chi connectivity index (χ1v) is 18.8. The van der Waals surface area contributed by atoms with Gasteiger partial charge in [-0.15, -0.1) is 0 Å². The lowest BCUT2D eigenvalue weighted by molar-refractivity contribution is -0.113. The Morgan fingerprint density at radius 3 is 1.84 bits per heavy atom. The van der Waals surface area contributed by atoms with Crippen LogP contribution in [0.1, 0.15) is 72.1 Å². The van der Waals surface area contributed by atoms with Crippen LogP contribution in [0.5, 0.6) is 11.5 Å². The number of hydrogen-bond acceptors (Lipinski definition) is 6. The Hall–Kier alpha value is -6.21. The molecule has 1 fully saturated rings. The normalized spacial score (nSPS) is 18.5. The summed E-state index contributed by atoms with van der Waals surface area (Å²) in [5.41, 5.74) is 6.47. The fourth-order valence-corrected chi connectivity index (χ4v) is 7.19. The van der Waals surface area contributed by atoms with Crippen molar-refractivity contribution >= 4 is 29.9 Å². The summed E-state index contributed by atoms with van der Waals surface area (Å²) in [6.45, 7) is 7.91. The van der Waals surface area contributed by atoms with E-state index in [1.165, 1.54) is 5.57 Å². The molecule has 0 saturated carbocycles. The van der Waals surface area contributed by atoms with Gasteiger partial charge >= 0.3 is 0 Å². The predicted octanol–water partition coefficient (Wildman–Crippen LogP) is 10.4. The number of rotatable bonds is 11. The van der Waals surface area contributed by atoms with Crippen LogP contribution in [0.4, 0.5) is 0 Å². The van der Waals surface area contributed by atoms with Gasteiger partial charge in [-0.2, -0.15) is 0 Å². The average molecular weight is 731 g/mol. The summed E-state index contributed by atoms with van der Waals surface area (Å²) in [4.78, 5) is 29.7. The third-order valence-corrected chi connectivity index (χ3v) is 10.3. The lowest BCUT2D eigenvalue weighted by Crippen LogP contribution is -2.41. The van der Waals surface area contributed by atoms with E-state index >= 15 is 0 Å². The van der Waals surface area contributed by atoms with E-state index in [-0.39, 0.29) is 41.8 Å². The van der Waals surface area contributed by atoms with Crippen molar-refractivity contribution in [2.24, 2.45) is 11.3 Å². The van der Waals surface area contributed by atoms with Crippen molar-refractivity contribution in [1.82, 2.24) is 10.1 Å². The molecular formula is C48H46N2O5. The lowest BCUT2D eigenvalue weighted by Gasteiger charge is -2.36. The van der Waals surface area contributed by atoms with Gasteiger partial charge < -0.3 is 18.9 Å². The van der Waals surface area contributed by atoms with Gasteiger partial charge in [0.15, 0.2) is 17.2 Å². The van der Waals surface area contributed by atoms with Gasteiger partial charge in [0, 0.05) is 23.1 Å². The minimum absolute atomic E-state index is 0.111. The van der Waals surface area contributed by atoms with E-state index in [0.717, 1.165) is 46.6 Å². The van der Waals surface area contributed by atoms with Crippen LogP contribution in [0.15, 0.2) is 149 Å². The highest BCUT2D eigenvalue weighted by molar-refractivity contribution is 6.15. The number of allylic oxidation sites excluding steroid dienone is 3. The van der Waals surface area contributed by atoms with Crippen molar-refractivity contribution in [1.29, 1.82) is 0 Å². The monoisotopic (exact) mass is 730 g/mol. The molecule has 278 valence electrons. The highest BCUT2D eigenvalue weighted by Gasteiger charge is 2.32. The molecule has 1 unspecified atom stereocenters. The first-order valence-electron chi connectivity index (χ1n) is 18.8. The molecule has 2 aliphatic rings. The van der Waals surface area contributed by atoms with E-state index in [0.29, 0.717) is 30.1 Å². The molecule has 4 aromatic carbocycles. The molecule has 55 heavy (non-hydrogen) atoms. The van der Waals surface area contributed by atoms with Gasteiger partial charge in [-0.1, -0.05) is 122 Å². The van der Waals surface area contributed by atoms with Crippen LogP contribution in [0.3, 0.4) is 0 Å². The van der Waals surface area contributed by atoms with Crippen molar-refractivity contribution < 1.29 is 23.6 Å². The molecule has 0 radical (unpaired) electrons. The summed E-state index contributed by atoms with van der Waals surface area (Å²) < 4.78 is 17.6. The fraction of sp³-hybridized carbons (Fsp3) is 0.229. The average Bonchev–Trinajstić information content (AvgIpc) is 3.68. The Morgan fingerprint density at radius 1 is 0.800 bits per heavy atom. The number of carbonyl (C=O) groups is 2. The van der Waals surface area contributed by atoms with Gasteiger partial charge in [0.2, 0.25) is 0 Å². The number of carbonyl (C=O) groups excluding carboxylic acids is 2. The van der Waals surface area contributed by atoms with Crippen LogP contribution in [0.2, 0.25) is 0 Å². The minimum Gasteiger partial charge on any atom is -0.489 e. The molecule has 7 nitrogen and oxygen atoms in total. The van der Waals surface area contributed by atoms with E-state index in [1.807, 2.05) is 127 Å². The van der Waals surface area contributed by atoms with Crippen molar-refractivity contribution in [2.75, 3.05) is 13.1 Å². The zero-order valence-electron chi connectivity index (χ0n) is 31.6. The maximum absolute atomic E-state index is 14.0. The zero-order chi connectivity index (χ0) is 38.2. The van der Waals surface area contributed by atoms with Crippen LogP contribution in [-0.2, 0) is 18.0 Å². The van der Waals surface area contributed by atoms with Gasteiger partial charge in [0.1, 0.15) is 24.7 Å². The second kappa shape index (κ2) is 16.9. The standard InChI is InChI=1S/C48H46N2O5/c1-34-11-10-26-48(2,3)44(34)25-24-43-29-45(49-55-43)47(52)50-30-39(27-35-16-20-41(21-17-35)53-32-37-12-6-4-7-13-37)46(51)40(31-50)28-36-18-22-42(23-19-36)54-33-38-14-8-5-9-15-38/h4-9,11-25,27-29,44H,10,26,30-33H2,1-3H3/b25-24+,39-27+,40-28+. The number of hydrogen-bond donors (Lipinski definition) is 0. The molecule has 1 atom stereocenters. The number of piperidine rings is 1. The molecule has 0 bridgehead atoms. The number of ether oxygens (including phenoxy) is 2. The number of nitrogens with zero attached hydrogens (tertiary/aromatic N) is 2. The molecule has 1 aliphatic heterocycles. The Morgan fingerprint density at radius 2 is 1.33 bits per heavy atom. The number of amides is 1. The second-order valence-corrected chi connectivity index (χ2v) is 14.9. The van der Waals surface area contributed by atoms with E-state index in [1.54, 1.807) is 11.0 Å². The summed E-state index contributed by atoms with van der Waals surface area (Å²) in [5.74, 6) is 1.82. The van der Waals surface area contributed by atoms with Crippen LogP contribution in [-0.4, -0.2) is 34.8 Å². The second-order valence-electron chi connectivity index (χ2n) is 14.9. The van der Waals surface area contributed by atoms with Crippen molar-refractivity contribution in [3.8, 4) is 11.5 Å². The third kappa shape index (κ3) is 9.48. The van der Waals surface area contributed by atoms with Gasteiger partial charge in [0.25, 0.3) is 5.91 Å². The van der Waals surface area contributed by atoms with Crippen LogP contribution in [0.25, 0.3) is 18.2 Å². The predicted molar refractivity (Wildman–Crippen MR) is 217 cm³/mol. The molecule has 7 rings (SSSR count). The Balaban J connectivity index is 1.11. The summed E-state index contributed by atoms with van der Waals surface area (Å²) in [7, 11) is 0. The summed E-state index contributed by atoms with van der Waals surface area (Å²) >= 11 is 0. The maximum Gasteiger partial charge on any atom is 0.276 e. The summed E-state index contributed by atoms with van der Waals surface area (Å²) in [6, 6.07) is 36.9. The van der Waals surface area contributed by atoms with E-state index in [2.05, 4.69) is 38.1 Å². The quantitative estimate of drug-likeness (QED) is 0.0994. The number of Topliss-reactive ketones (excluding diaryl/α,β-unsaturated/α-hetero) is 1. The number of aromatic nitrogens is 1. The molecule has 1 aromatic heterocycles. The summed E-state index contributed by atoms with van der Waals surface area (Å²) in [5, 5.41) is 4.16. The Bertz CT molecular complexity index is 2120. The first kappa shape index (κ1) is 37.1. The molecule has 1 aliphatic carbocycles. The Kier molecular flexibility index (Phi) is 11.4. The first-order chi connectivity index (χ1) is 26.7. The van der Waals surface area contributed by atoms with E-state index in [4.69, 9.17) is 14.0 Å². The molecule has 0 N–H and O–H groups in total. The highest BCUT2D eigenvalue weighted by Crippen LogP contribution is 2.42. The smallest absolute Gasteiger partial charge is 0.276 e. The molecule has 2 heterocycles. The third-order valence-electron chi connectivity index (χ3n) is 10.3. The maximum atomic E-state index is 14.0. The van der Waals surface area contributed by atoms with Gasteiger partial charge in [-0.05, 0) is 89.9 Å². The van der Waals surface area contributed by atoms with Gasteiger partial charge in [-0.25, -0.2) is 0 Å². The van der Waals surface area contributed by atoms with Gasteiger partial charge in [-0.3, -0.25) is 9.59 Å². The van der Waals surface area contributed by atoms with Gasteiger partial charge in [0.05, 0.1) is 13.1 Å². The molecular weight excluding hydrogens is 685 g/mol. The zero-order valence-corrected chi connectivity index (χ0v) is 31.6. The number of ketones is 1. The molecule has 5 aromatic rings.